The lowest BCUT2D eigenvalue weighted by atomic mass is 10.1. The van der Waals surface area contributed by atoms with Gasteiger partial charge in [-0.2, -0.15) is 0 Å². The second-order valence-electron chi connectivity index (χ2n) is 6.40. The van der Waals surface area contributed by atoms with Gasteiger partial charge < -0.3 is 19.5 Å². The number of carbonyl (C=O) groups is 2. The number of esters is 1. The number of methoxy groups -OCH3 is 2. The molecule has 152 valence electrons. The molecule has 0 spiro atoms. The minimum atomic E-state index is -0.885. The van der Waals surface area contributed by atoms with E-state index in [1.807, 2.05) is 19.1 Å². The monoisotopic (exact) mass is 405 g/mol. The lowest BCUT2D eigenvalue weighted by Gasteiger charge is -2.14. The summed E-state index contributed by atoms with van der Waals surface area (Å²) in [7, 11) is 3.12. The number of thiophene rings is 1. The van der Waals surface area contributed by atoms with Crippen molar-refractivity contribution in [3.8, 4) is 11.5 Å². The third-order valence-corrected chi connectivity index (χ3v) is 5.38. The second-order valence-corrected chi connectivity index (χ2v) is 7.65. The predicted octanol–water partition coefficient (Wildman–Crippen LogP) is 3.89. The maximum atomic E-state index is 12.3. The molecule has 1 aromatic heterocycles. The lowest BCUT2D eigenvalue weighted by Crippen LogP contribution is -2.35. The quantitative estimate of drug-likeness (QED) is 0.641. The van der Waals surface area contributed by atoms with E-state index in [2.05, 4.69) is 12.2 Å². The van der Waals surface area contributed by atoms with E-state index in [0.717, 1.165) is 28.8 Å². The molecule has 0 aliphatic heterocycles. The first-order valence-electron chi connectivity index (χ1n) is 9.18. The van der Waals surface area contributed by atoms with E-state index in [-0.39, 0.29) is 5.91 Å². The van der Waals surface area contributed by atoms with E-state index in [9.17, 15) is 9.59 Å². The van der Waals surface area contributed by atoms with Crippen LogP contribution >= 0.6 is 11.3 Å². The maximum Gasteiger partial charge on any atom is 0.349 e. The van der Waals surface area contributed by atoms with Gasteiger partial charge in [-0.1, -0.05) is 19.4 Å². The van der Waals surface area contributed by atoms with Crippen LogP contribution in [-0.4, -0.2) is 32.2 Å². The largest absolute Gasteiger partial charge is 0.493 e. The van der Waals surface area contributed by atoms with Crippen LogP contribution in [0.1, 0.15) is 45.9 Å². The Morgan fingerprint density at radius 3 is 2.50 bits per heavy atom. The van der Waals surface area contributed by atoms with Crippen molar-refractivity contribution in [2.75, 3.05) is 14.2 Å². The molecule has 7 heteroatoms. The van der Waals surface area contributed by atoms with Gasteiger partial charge in [0.2, 0.25) is 0 Å². The first-order valence-corrected chi connectivity index (χ1v) is 10.00. The van der Waals surface area contributed by atoms with Crippen molar-refractivity contribution in [3.63, 3.8) is 0 Å². The van der Waals surface area contributed by atoms with Crippen LogP contribution < -0.4 is 14.8 Å². The molecule has 0 saturated heterocycles. The fraction of sp³-hybridized carbons (Fsp3) is 0.429. The molecule has 0 radical (unpaired) electrons. The number of nitrogens with one attached hydrogen (secondary N) is 1. The molecule has 28 heavy (non-hydrogen) atoms. The van der Waals surface area contributed by atoms with Gasteiger partial charge in [-0.05, 0) is 49.6 Å². The van der Waals surface area contributed by atoms with E-state index >= 15 is 0 Å². The Kier molecular flexibility index (Phi) is 7.87. The maximum absolute atomic E-state index is 12.3. The number of amides is 1. The highest BCUT2D eigenvalue weighted by Gasteiger charge is 2.21. The smallest absolute Gasteiger partial charge is 0.349 e. The van der Waals surface area contributed by atoms with Gasteiger partial charge in [0.05, 0.1) is 14.2 Å². The molecule has 0 aliphatic carbocycles. The van der Waals surface area contributed by atoms with Crippen LogP contribution in [0.25, 0.3) is 0 Å². The summed E-state index contributed by atoms with van der Waals surface area (Å²) in [6.07, 6.45) is 1.06. The number of rotatable bonds is 9. The standard InChI is InChI=1S/C21H27NO5S/c1-6-7-16-11-19(28-14(16)3)21(24)27-13(2)20(23)22-12-15-8-9-17(25-4)18(10-15)26-5/h8-11,13H,6-7,12H2,1-5H3,(H,22,23)/t13-/m0/s1. The Morgan fingerprint density at radius 1 is 1.14 bits per heavy atom. The van der Waals surface area contributed by atoms with Crippen LogP contribution in [0.4, 0.5) is 0 Å². The zero-order chi connectivity index (χ0) is 20.7. The molecular weight excluding hydrogens is 378 g/mol. The van der Waals surface area contributed by atoms with Crippen LogP contribution in [0.5, 0.6) is 11.5 Å². The Balaban J connectivity index is 1.92. The van der Waals surface area contributed by atoms with Crippen LogP contribution in [0, 0.1) is 6.92 Å². The summed E-state index contributed by atoms with van der Waals surface area (Å²) in [6.45, 7) is 5.95. The summed E-state index contributed by atoms with van der Waals surface area (Å²) < 4.78 is 15.8. The number of carbonyl (C=O) groups excluding carboxylic acids is 2. The first kappa shape index (κ1) is 21.8. The first-order chi connectivity index (χ1) is 13.4. The van der Waals surface area contributed by atoms with Gasteiger partial charge in [0.1, 0.15) is 4.88 Å². The Hall–Kier alpha value is -2.54. The van der Waals surface area contributed by atoms with Gasteiger partial charge in [-0.3, -0.25) is 4.79 Å². The number of benzene rings is 1. The molecule has 1 atom stereocenters. The van der Waals surface area contributed by atoms with E-state index in [0.29, 0.717) is 22.9 Å². The van der Waals surface area contributed by atoms with Gasteiger partial charge in [0.15, 0.2) is 17.6 Å². The van der Waals surface area contributed by atoms with Crippen molar-refractivity contribution in [2.45, 2.75) is 46.3 Å². The molecule has 1 amide bonds. The second kappa shape index (κ2) is 10.1. The zero-order valence-electron chi connectivity index (χ0n) is 17.0. The van der Waals surface area contributed by atoms with Gasteiger partial charge in [-0.15, -0.1) is 11.3 Å². The molecule has 1 N–H and O–H groups in total. The van der Waals surface area contributed by atoms with Crippen LogP contribution in [0.15, 0.2) is 24.3 Å². The number of ether oxygens (including phenoxy) is 3. The normalized spacial score (nSPS) is 11.6. The molecule has 6 nitrogen and oxygen atoms in total. The van der Waals surface area contributed by atoms with E-state index < -0.39 is 12.1 Å². The van der Waals surface area contributed by atoms with Crippen molar-refractivity contribution in [2.24, 2.45) is 0 Å². The van der Waals surface area contributed by atoms with Crippen molar-refractivity contribution in [1.29, 1.82) is 0 Å². The Morgan fingerprint density at radius 2 is 1.86 bits per heavy atom. The van der Waals surface area contributed by atoms with Crippen LogP contribution in [-0.2, 0) is 22.5 Å². The van der Waals surface area contributed by atoms with Gasteiger partial charge in [0.25, 0.3) is 5.91 Å². The molecule has 0 bridgehead atoms. The molecule has 0 saturated carbocycles. The summed E-state index contributed by atoms with van der Waals surface area (Å²) in [5.74, 6) is 0.382. The van der Waals surface area contributed by atoms with Gasteiger partial charge in [-0.25, -0.2) is 4.79 Å². The van der Waals surface area contributed by atoms with E-state index in [1.54, 1.807) is 33.3 Å². The fourth-order valence-electron chi connectivity index (χ4n) is 2.73. The van der Waals surface area contributed by atoms with Crippen molar-refractivity contribution >= 4 is 23.2 Å². The average molecular weight is 406 g/mol. The number of hydrogen-bond acceptors (Lipinski definition) is 6. The van der Waals surface area contributed by atoms with Gasteiger partial charge >= 0.3 is 5.97 Å². The Labute approximate surface area is 169 Å². The summed E-state index contributed by atoms with van der Waals surface area (Å²) in [5, 5.41) is 2.77. The summed E-state index contributed by atoms with van der Waals surface area (Å²) in [6, 6.07) is 7.26. The number of hydrogen-bond donors (Lipinski definition) is 1. The number of aryl methyl sites for hydroxylation is 2. The molecular formula is C21H27NO5S. The fourth-order valence-corrected chi connectivity index (χ4v) is 3.69. The minimum Gasteiger partial charge on any atom is -0.493 e. The highest BCUT2D eigenvalue weighted by atomic mass is 32.1. The van der Waals surface area contributed by atoms with E-state index in [1.165, 1.54) is 11.3 Å². The molecule has 1 heterocycles. The predicted molar refractivity (Wildman–Crippen MR) is 109 cm³/mol. The van der Waals surface area contributed by atoms with Crippen LogP contribution in [0.2, 0.25) is 0 Å². The minimum absolute atomic E-state index is 0.292. The van der Waals surface area contributed by atoms with Crippen molar-refractivity contribution in [3.05, 3.63) is 45.1 Å². The SMILES string of the molecule is CCCc1cc(C(=O)O[C@@H](C)C(=O)NCc2ccc(OC)c(OC)c2)sc1C. The molecule has 0 unspecified atom stereocenters. The molecule has 1 aromatic carbocycles. The van der Waals surface area contributed by atoms with Crippen molar-refractivity contribution in [1.82, 2.24) is 5.32 Å². The topological polar surface area (TPSA) is 73.9 Å². The average Bonchev–Trinajstić information content (AvgIpc) is 3.06. The van der Waals surface area contributed by atoms with Gasteiger partial charge in [0, 0.05) is 11.4 Å². The zero-order valence-corrected chi connectivity index (χ0v) is 17.8. The molecule has 0 aliphatic rings. The molecule has 2 aromatic rings. The third kappa shape index (κ3) is 5.48. The highest BCUT2D eigenvalue weighted by molar-refractivity contribution is 7.14. The molecule has 0 fully saturated rings. The highest BCUT2D eigenvalue weighted by Crippen LogP contribution is 2.27. The summed E-state index contributed by atoms with van der Waals surface area (Å²) in [5.41, 5.74) is 2.01. The van der Waals surface area contributed by atoms with Crippen LogP contribution in [0.3, 0.4) is 0 Å². The Bertz CT molecular complexity index is 830. The molecule has 2 rings (SSSR count). The van der Waals surface area contributed by atoms with E-state index in [4.69, 9.17) is 14.2 Å². The third-order valence-electron chi connectivity index (χ3n) is 4.31. The summed E-state index contributed by atoms with van der Waals surface area (Å²) >= 11 is 1.40. The van der Waals surface area contributed by atoms with Crippen molar-refractivity contribution < 1.29 is 23.8 Å². The summed E-state index contributed by atoms with van der Waals surface area (Å²) in [4.78, 5) is 26.3. The lowest BCUT2D eigenvalue weighted by molar-refractivity contribution is -0.129.